The molecule has 1 saturated heterocycles. The third kappa shape index (κ3) is 2.62. The first-order chi connectivity index (χ1) is 6.58. The van der Waals surface area contributed by atoms with Crippen molar-refractivity contribution in [3.05, 3.63) is 0 Å². The van der Waals surface area contributed by atoms with Gasteiger partial charge in [0.25, 0.3) is 0 Å². The van der Waals surface area contributed by atoms with E-state index in [-0.39, 0.29) is 6.61 Å². The minimum absolute atomic E-state index is 0.176. The van der Waals surface area contributed by atoms with Crippen LogP contribution in [0.15, 0.2) is 0 Å². The van der Waals surface area contributed by atoms with Crippen LogP contribution in [-0.4, -0.2) is 49.7 Å². The van der Waals surface area contributed by atoms with Crippen molar-refractivity contribution in [1.29, 1.82) is 0 Å². The van der Waals surface area contributed by atoms with E-state index in [0.29, 0.717) is 26.2 Å². The fraction of sp³-hybridized carbons (Fsp3) is 0.875. The van der Waals surface area contributed by atoms with Crippen LogP contribution >= 0.6 is 0 Å². The van der Waals surface area contributed by atoms with Crippen molar-refractivity contribution in [3.8, 4) is 0 Å². The molecule has 1 fully saturated rings. The maximum absolute atomic E-state index is 13.0. The highest BCUT2D eigenvalue weighted by atomic mass is 19.3. The molecule has 0 aromatic heterocycles. The molecule has 4 nitrogen and oxygen atoms in total. The van der Waals surface area contributed by atoms with Gasteiger partial charge in [0.05, 0.1) is 6.61 Å². The molecular formula is C8H14F2N2O2. The Morgan fingerprint density at radius 1 is 1.50 bits per heavy atom. The number of ether oxygens (including phenoxy) is 1. The summed E-state index contributed by atoms with van der Waals surface area (Å²) < 4.78 is 30.0. The molecule has 14 heavy (non-hydrogen) atoms. The fourth-order valence-electron chi connectivity index (χ4n) is 1.30. The lowest BCUT2D eigenvalue weighted by molar-refractivity contribution is -0.238. The number of rotatable bonds is 3. The number of carbonyl (C=O) groups is 1. The number of carbonyl (C=O) groups excluding carboxylic acids is 1. The minimum atomic E-state index is -3.67. The second-order valence-corrected chi connectivity index (χ2v) is 2.99. The summed E-state index contributed by atoms with van der Waals surface area (Å²) in [5, 5.41) is 2.97. The topological polar surface area (TPSA) is 41.6 Å². The lowest BCUT2D eigenvalue weighted by Crippen LogP contribution is -2.52. The predicted molar refractivity (Wildman–Crippen MR) is 46.0 cm³/mol. The average Bonchev–Trinajstić information content (AvgIpc) is 2.18. The third-order valence-corrected chi connectivity index (χ3v) is 1.98. The van der Waals surface area contributed by atoms with Gasteiger partial charge in [0, 0.05) is 26.2 Å². The molecule has 1 aliphatic rings. The molecule has 0 atom stereocenters. The van der Waals surface area contributed by atoms with E-state index in [4.69, 9.17) is 0 Å². The lowest BCUT2D eigenvalue weighted by atomic mass is 10.3. The van der Waals surface area contributed by atoms with Gasteiger partial charge < -0.3 is 15.0 Å². The molecule has 0 bridgehead atoms. The van der Waals surface area contributed by atoms with Crippen molar-refractivity contribution < 1.29 is 18.3 Å². The third-order valence-electron chi connectivity index (χ3n) is 1.98. The van der Waals surface area contributed by atoms with E-state index in [2.05, 4.69) is 10.1 Å². The van der Waals surface area contributed by atoms with Crippen LogP contribution in [0.2, 0.25) is 0 Å². The van der Waals surface area contributed by atoms with Gasteiger partial charge in [0.2, 0.25) is 0 Å². The highest BCUT2D eigenvalue weighted by molar-refractivity contribution is 5.82. The maximum atomic E-state index is 13.0. The summed E-state index contributed by atoms with van der Waals surface area (Å²) in [5.74, 6) is -1.24. The predicted octanol–water partition coefficient (Wildman–Crippen LogP) is 0.0475. The summed E-state index contributed by atoms with van der Waals surface area (Å²) in [6.07, 6.45) is -3.67. The Kier molecular flexibility index (Phi) is 3.77. The molecule has 0 saturated carbocycles. The van der Waals surface area contributed by atoms with Gasteiger partial charge in [-0.15, -0.1) is 0 Å². The van der Waals surface area contributed by atoms with Crippen molar-refractivity contribution in [1.82, 2.24) is 10.2 Å². The van der Waals surface area contributed by atoms with E-state index in [1.165, 1.54) is 6.92 Å². The molecule has 1 N–H and O–H groups in total. The van der Waals surface area contributed by atoms with Crippen LogP contribution in [0.1, 0.15) is 6.92 Å². The van der Waals surface area contributed by atoms with E-state index in [1.54, 1.807) is 0 Å². The maximum Gasteiger partial charge on any atom is 0.436 e. The van der Waals surface area contributed by atoms with Crippen LogP contribution in [0.4, 0.5) is 8.78 Å². The second kappa shape index (κ2) is 4.65. The van der Waals surface area contributed by atoms with Gasteiger partial charge in [-0.25, -0.2) is 0 Å². The number of hydrogen-bond acceptors (Lipinski definition) is 3. The van der Waals surface area contributed by atoms with Crippen molar-refractivity contribution in [2.24, 2.45) is 0 Å². The Morgan fingerprint density at radius 3 is 2.57 bits per heavy atom. The summed E-state index contributed by atoms with van der Waals surface area (Å²) in [6, 6.07) is 0. The van der Waals surface area contributed by atoms with Crippen molar-refractivity contribution >= 4 is 5.91 Å². The van der Waals surface area contributed by atoms with E-state index < -0.39 is 12.0 Å². The summed E-state index contributed by atoms with van der Waals surface area (Å²) in [7, 11) is 0. The van der Waals surface area contributed by atoms with Gasteiger partial charge in [0.1, 0.15) is 0 Å². The smallest absolute Gasteiger partial charge is 0.333 e. The Balaban J connectivity index is 2.53. The van der Waals surface area contributed by atoms with Crippen LogP contribution in [0, 0.1) is 0 Å². The van der Waals surface area contributed by atoms with Gasteiger partial charge in [-0.1, -0.05) is 0 Å². The number of nitrogens with zero attached hydrogens (tertiary/aromatic N) is 1. The zero-order chi connectivity index (χ0) is 10.6. The van der Waals surface area contributed by atoms with Crippen LogP contribution in [0.3, 0.4) is 0 Å². The summed E-state index contributed by atoms with van der Waals surface area (Å²) >= 11 is 0. The van der Waals surface area contributed by atoms with Crippen LogP contribution in [0.5, 0.6) is 0 Å². The number of alkyl halides is 2. The summed E-state index contributed by atoms with van der Waals surface area (Å²) in [4.78, 5) is 12.4. The Morgan fingerprint density at radius 2 is 2.07 bits per heavy atom. The Labute approximate surface area is 81.2 Å². The van der Waals surface area contributed by atoms with Gasteiger partial charge in [-0.2, -0.15) is 8.78 Å². The number of amides is 1. The normalized spacial score (nSPS) is 18.4. The largest absolute Gasteiger partial charge is 0.436 e. The van der Waals surface area contributed by atoms with Crippen LogP contribution in [-0.2, 0) is 9.53 Å². The van der Waals surface area contributed by atoms with Crippen molar-refractivity contribution in [2.45, 2.75) is 13.0 Å². The van der Waals surface area contributed by atoms with Gasteiger partial charge in [-0.3, -0.25) is 4.79 Å². The highest BCUT2D eigenvalue weighted by Gasteiger charge is 2.43. The second-order valence-electron chi connectivity index (χ2n) is 2.99. The zero-order valence-corrected chi connectivity index (χ0v) is 8.06. The van der Waals surface area contributed by atoms with Gasteiger partial charge >= 0.3 is 12.0 Å². The molecule has 1 amide bonds. The SMILES string of the molecule is CCOC(F)(F)C(=O)N1CCNCC1. The van der Waals surface area contributed by atoms with E-state index in [1.807, 2.05) is 0 Å². The lowest BCUT2D eigenvalue weighted by Gasteiger charge is -2.29. The van der Waals surface area contributed by atoms with E-state index in [0.717, 1.165) is 4.90 Å². The molecule has 1 heterocycles. The molecule has 0 aromatic carbocycles. The summed E-state index contributed by atoms with van der Waals surface area (Å²) in [5.41, 5.74) is 0. The molecule has 0 spiro atoms. The summed E-state index contributed by atoms with van der Waals surface area (Å²) in [6.45, 7) is 2.97. The monoisotopic (exact) mass is 208 g/mol. The standard InChI is InChI=1S/C8H14F2N2O2/c1-2-14-8(9,10)7(13)12-5-3-11-4-6-12/h11H,2-6H2,1H3. The number of nitrogens with one attached hydrogen (secondary N) is 1. The average molecular weight is 208 g/mol. The number of hydrogen-bond donors (Lipinski definition) is 1. The van der Waals surface area contributed by atoms with Crippen LogP contribution in [0.25, 0.3) is 0 Å². The molecule has 82 valence electrons. The van der Waals surface area contributed by atoms with E-state index in [9.17, 15) is 13.6 Å². The Hall–Kier alpha value is -0.750. The fourth-order valence-corrected chi connectivity index (χ4v) is 1.30. The molecule has 1 aliphatic heterocycles. The molecule has 0 aliphatic carbocycles. The number of piperazine rings is 1. The molecule has 0 radical (unpaired) electrons. The molecule has 0 unspecified atom stereocenters. The van der Waals surface area contributed by atoms with Crippen LogP contribution < -0.4 is 5.32 Å². The molecule has 0 aromatic rings. The zero-order valence-electron chi connectivity index (χ0n) is 8.06. The first-order valence-corrected chi connectivity index (χ1v) is 4.60. The molecule has 6 heteroatoms. The Bertz CT molecular complexity index is 206. The van der Waals surface area contributed by atoms with Crippen molar-refractivity contribution in [2.75, 3.05) is 32.8 Å². The van der Waals surface area contributed by atoms with E-state index >= 15 is 0 Å². The van der Waals surface area contributed by atoms with Crippen molar-refractivity contribution in [3.63, 3.8) is 0 Å². The van der Waals surface area contributed by atoms with Gasteiger partial charge in [-0.05, 0) is 6.92 Å². The molecule has 1 rings (SSSR count). The quantitative estimate of drug-likeness (QED) is 0.712. The first-order valence-electron chi connectivity index (χ1n) is 4.60. The minimum Gasteiger partial charge on any atom is -0.333 e. The number of halogens is 2. The first kappa shape index (κ1) is 11.3. The molecular weight excluding hydrogens is 194 g/mol. The highest BCUT2D eigenvalue weighted by Crippen LogP contribution is 2.18. The van der Waals surface area contributed by atoms with Gasteiger partial charge in [0.15, 0.2) is 0 Å².